The maximum absolute atomic E-state index is 5.35. The van der Waals surface area contributed by atoms with Gasteiger partial charge in [-0.25, -0.2) is 9.97 Å². The Morgan fingerprint density at radius 3 is 2.92 bits per heavy atom. The van der Waals surface area contributed by atoms with Crippen molar-refractivity contribution in [3.8, 4) is 0 Å². The molecule has 1 rings (SSSR count). The molecule has 0 aromatic carbocycles. The number of aryl methyl sites for hydroxylation is 1. The topological polar surface area (TPSA) is 63.8 Å². The maximum atomic E-state index is 5.35. The molecule has 0 aliphatic carbocycles. The van der Waals surface area contributed by atoms with E-state index in [2.05, 4.69) is 22.3 Å². The predicted octanol–water partition coefficient (Wildman–Crippen LogP) is 0.699. The SMILES string of the molecule is CCC(NN)c1ccnc(C)n1. The maximum Gasteiger partial charge on any atom is 0.125 e. The molecule has 0 radical (unpaired) electrons. The van der Waals surface area contributed by atoms with Crippen molar-refractivity contribution in [3.05, 3.63) is 23.8 Å². The molecule has 66 valence electrons. The quantitative estimate of drug-likeness (QED) is 0.512. The second-order valence-electron chi connectivity index (χ2n) is 2.66. The first-order valence-electron chi connectivity index (χ1n) is 4.03. The van der Waals surface area contributed by atoms with Gasteiger partial charge < -0.3 is 0 Å². The number of nitrogens with one attached hydrogen (secondary N) is 1. The lowest BCUT2D eigenvalue weighted by Crippen LogP contribution is -2.28. The number of hydrazine groups is 1. The van der Waals surface area contributed by atoms with E-state index < -0.39 is 0 Å². The molecule has 12 heavy (non-hydrogen) atoms. The van der Waals surface area contributed by atoms with Crippen LogP contribution >= 0.6 is 0 Å². The predicted molar refractivity (Wildman–Crippen MR) is 47.1 cm³/mol. The summed E-state index contributed by atoms with van der Waals surface area (Å²) in [5.74, 6) is 6.13. The summed E-state index contributed by atoms with van der Waals surface area (Å²) in [5, 5.41) is 0. The summed E-state index contributed by atoms with van der Waals surface area (Å²) in [4.78, 5) is 8.27. The third-order valence-corrected chi connectivity index (χ3v) is 1.76. The van der Waals surface area contributed by atoms with Crippen molar-refractivity contribution in [2.45, 2.75) is 26.3 Å². The molecule has 0 aliphatic heterocycles. The summed E-state index contributed by atoms with van der Waals surface area (Å²) in [6.45, 7) is 3.93. The monoisotopic (exact) mass is 166 g/mol. The fraction of sp³-hybridized carbons (Fsp3) is 0.500. The molecular weight excluding hydrogens is 152 g/mol. The Hall–Kier alpha value is -1.00. The van der Waals surface area contributed by atoms with Crippen LogP contribution in [-0.4, -0.2) is 9.97 Å². The minimum atomic E-state index is 0.131. The normalized spacial score (nSPS) is 12.9. The second kappa shape index (κ2) is 4.13. The summed E-state index contributed by atoms with van der Waals surface area (Å²) in [7, 11) is 0. The van der Waals surface area contributed by atoms with E-state index in [4.69, 9.17) is 5.84 Å². The molecule has 0 fully saturated rings. The first-order chi connectivity index (χ1) is 5.77. The average molecular weight is 166 g/mol. The number of nitrogens with zero attached hydrogens (tertiary/aromatic N) is 2. The molecular formula is C8H14N4. The fourth-order valence-electron chi connectivity index (χ4n) is 1.08. The Morgan fingerprint density at radius 2 is 2.42 bits per heavy atom. The van der Waals surface area contributed by atoms with E-state index in [0.717, 1.165) is 17.9 Å². The first-order valence-corrected chi connectivity index (χ1v) is 4.03. The third kappa shape index (κ3) is 1.99. The highest BCUT2D eigenvalue weighted by atomic mass is 15.2. The Bertz CT molecular complexity index is 245. The van der Waals surface area contributed by atoms with E-state index >= 15 is 0 Å². The smallest absolute Gasteiger partial charge is 0.125 e. The lowest BCUT2D eigenvalue weighted by Gasteiger charge is -2.12. The fourth-order valence-corrected chi connectivity index (χ4v) is 1.08. The van der Waals surface area contributed by atoms with Gasteiger partial charge in [0.15, 0.2) is 0 Å². The van der Waals surface area contributed by atoms with Crippen molar-refractivity contribution in [1.29, 1.82) is 0 Å². The van der Waals surface area contributed by atoms with Gasteiger partial charge in [0.25, 0.3) is 0 Å². The number of nitrogens with two attached hydrogens (primary N) is 1. The van der Waals surface area contributed by atoms with Gasteiger partial charge >= 0.3 is 0 Å². The zero-order valence-corrected chi connectivity index (χ0v) is 7.41. The van der Waals surface area contributed by atoms with Crippen molar-refractivity contribution in [3.63, 3.8) is 0 Å². The van der Waals surface area contributed by atoms with Gasteiger partial charge in [-0.3, -0.25) is 11.3 Å². The number of rotatable bonds is 3. The molecule has 0 saturated carbocycles. The van der Waals surface area contributed by atoms with E-state index in [9.17, 15) is 0 Å². The van der Waals surface area contributed by atoms with Gasteiger partial charge in [-0.1, -0.05) is 6.92 Å². The zero-order valence-electron chi connectivity index (χ0n) is 7.41. The zero-order chi connectivity index (χ0) is 8.97. The van der Waals surface area contributed by atoms with Crippen LogP contribution < -0.4 is 11.3 Å². The van der Waals surface area contributed by atoms with E-state index in [1.54, 1.807) is 6.20 Å². The van der Waals surface area contributed by atoms with Crippen molar-refractivity contribution >= 4 is 0 Å². The number of hydrogen-bond acceptors (Lipinski definition) is 4. The lowest BCUT2D eigenvalue weighted by atomic mass is 10.1. The summed E-state index contributed by atoms with van der Waals surface area (Å²) >= 11 is 0. The Morgan fingerprint density at radius 1 is 1.67 bits per heavy atom. The lowest BCUT2D eigenvalue weighted by molar-refractivity contribution is 0.523. The summed E-state index contributed by atoms with van der Waals surface area (Å²) in [5.41, 5.74) is 3.66. The Balaban J connectivity index is 2.85. The molecule has 1 heterocycles. The number of aromatic nitrogens is 2. The van der Waals surface area contributed by atoms with Crippen molar-refractivity contribution in [2.75, 3.05) is 0 Å². The van der Waals surface area contributed by atoms with Gasteiger partial charge in [0.2, 0.25) is 0 Å². The molecule has 0 spiro atoms. The molecule has 3 N–H and O–H groups in total. The van der Waals surface area contributed by atoms with Crippen LogP contribution in [0.15, 0.2) is 12.3 Å². The van der Waals surface area contributed by atoms with Gasteiger partial charge in [-0.2, -0.15) is 0 Å². The second-order valence-corrected chi connectivity index (χ2v) is 2.66. The molecule has 0 bridgehead atoms. The number of hydrogen-bond donors (Lipinski definition) is 2. The summed E-state index contributed by atoms with van der Waals surface area (Å²) in [6, 6.07) is 2.01. The molecule has 1 aromatic rings. The minimum absolute atomic E-state index is 0.131. The van der Waals surface area contributed by atoms with Crippen LogP contribution in [0.1, 0.15) is 30.9 Å². The molecule has 1 unspecified atom stereocenters. The molecule has 1 atom stereocenters. The highest BCUT2D eigenvalue weighted by Crippen LogP contribution is 2.11. The summed E-state index contributed by atoms with van der Waals surface area (Å²) < 4.78 is 0. The van der Waals surface area contributed by atoms with Crippen LogP contribution in [0.25, 0.3) is 0 Å². The van der Waals surface area contributed by atoms with E-state index in [0.29, 0.717) is 0 Å². The molecule has 0 amide bonds. The van der Waals surface area contributed by atoms with Crippen LogP contribution in [0.2, 0.25) is 0 Å². The highest BCUT2D eigenvalue weighted by Gasteiger charge is 2.07. The highest BCUT2D eigenvalue weighted by molar-refractivity contribution is 5.06. The Labute approximate surface area is 72.2 Å². The average Bonchev–Trinajstić information content (AvgIpc) is 2.07. The van der Waals surface area contributed by atoms with Gasteiger partial charge in [0, 0.05) is 6.20 Å². The van der Waals surface area contributed by atoms with Gasteiger partial charge in [0.1, 0.15) is 5.82 Å². The third-order valence-electron chi connectivity index (χ3n) is 1.76. The largest absolute Gasteiger partial charge is 0.271 e. The van der Waals surface area contributed by atoms with E-state index in [1.165, 1.54) is 0 Å². The van der Waals surface area contributed by atoms with Crippen LogP contribution in [-0.2, 0) is 0 Å². The van der Waals surface area contributed by atoms with Crippen LogP contribution in [0.3, 0.4) is 0 Å². The van der Waals surface area contributed by atoms with Crippen LogP contribution in [0.4, 0.5) is 0 Å². The van der Waals surface area contributed by atoms with Crippen LogP contribution in [0.5, 0.6) is 0 Å². The molecule has 1 aromatic heterocycles. The molecule has 0 aliphatic rings. The van der Waals surface area contributed by atoms with Crippen molar-refractivity contribution < 1.29 is 0 Å². The van der Waals surface area contributed by atoms with Crippen molar-refractivity contribution in [1.82, 2.24) is 15.4 Å². The van der Waals surface area contributed by atoms with E-state index in [-0.39, 0.29) is 6.04 Å². The standard InChI is InChI=1S/C8H14N4/c1-3-7(12-9)8-4-5-10-6(2)11-8/h4-5,7,12H,3,9H2,1-2H3. The van der Waals surface area contributed by atoms with E-state index in [1.807, 2.05) is 13.0 Å². The summed E-state index contributed by atoms with van der Waals surface area (Å²) in [6.07, 6.45) is 2.67. The molecule has 0 saturated heterocycles. The minimum Gasteiger partial charge on any atom is -0.271 e. The molecule has 4 heteroatoms. The van der Waals surface area contributed by atoms with Gasteiger partial charge in [0.05, 0.1) is 11.7 Å². The van der Waals surface area contributed by atoms with Crippen LogP contribution in [0, 0.1) is 6.92 Å². The van der Waals surface area contributed by atoms with Gasteiger partial charge in [-0.15, -0.1) is 0 Å². The first kappa shape index (κ1) is 9.09. The Kier molecular flexibility index (Phi) is 3.13. The van der Waals surface area contributed by atoms with Gasteiger partial charge in [-0.05, 0) is 19.4 Å². The van der Waals surface area contributed by atoms with Crippen molar-refractivity contribution in [2.24, 2.45) is 5.84 Å². The molecule has 4 nitrogen and oxygen atoms in total.